The summed E-state index contributed by atoms with van der Waals surface area (Å²) in [5, 5.41) is 0. The Morgan fingerprint density at radius 1 is 0.313 bits per heavy atom. The molecule has 0 radical (unpaired) electrons. The van der Waals surface area contributed by atoms with Gasteiger partial charge in [0.15, 0.2) is 6.10 Å². The molecule has 0 aromatic carbocycles. The lowest BCUT2D eigenvalue weighted by molar-refractivity contribution is -0.167. The van der Waals surface area contributed by atoms with Gasteiger partial charge in [-0.15, -0.1) is 0 Å². The average Bonchev–Trinajstić information content (AvgIpc) is 3.33. The van der Waals surface area contributed by atoms with Crippen LogP contribution in [0.25, 0.3) is 0 Å². The molecule has 0 aliphatic carbocycles. The van der Waals surface area contributed by atoms with E-state index in [0.717, 1.165) is 122 Å². The molecule has 0 unspecified atom stereocenters. The number of ether oxygens (including phenoxy) is 3. The molecule has 384 valence electrons. The van der Waals surface area contributed by atoms with Crippen molar-refractivity contribution >= 4 is 17.9 Å². The summed E-state index contributed by atoms with van der Waals surface area (Å²) in [6.45, 7) is 6.47. The topological polar surface area (TPSA) is 78.9 Å². The molecule has 0 spiro atoms. The lowest BCUT2D eigenvalue weighted by Gasteiger charge is -2.18. The number of unbranched alkanes of at least 4 members (excludes halogenated alkanes) is 25. The first-order valence-corrected chi connectivity index (χ1v) is 28.1. The summed E-state index contributed by atoms with van der Waals surface area (Å²) in [4.78, 5) is 38.1. The number of esters is 3. The second kappa shape index (κ2) is 55.2. The van der Waals surface area contributed by atoms with Gasteiger partial charge in [-0.2, -0.15) is 0 Å². The molecule has 0 fully saturated rings. The minimum atomic E-state index is -0.797. The Labute approximate surface area is 414 Å². The fourth-order valence-corrected chi connectivity index (χ4v) is 7.63. The Morgan fingerprint density at radius 3 is 0.955 bits per heavy atom. The molecule has 0 aromatic heterocycles. The van der Waals surface area contributed by atoms with E-state index in [1.165, 1.54) is 103 Å². The normalized spacial score (nSPS) is 12.7. The summed E-state index contributed by atoms with van der Waals surface area (Å²) in [6.07, 6.45) is 71.4. The van der Waals surface area contributed by atoms with Crippen molar-refractivity contribution in [3.63, 3.8) is 0 Å². The van der Waals surface area contributed by atoms with Crippen molar-refractivity contribution in [3.05, 3.63) is 85.1 Å². The summed E-state index contributed by atoms with van der Waals surface area (Å²) < 4.78 is 16.8. The van der Waals surface area contributed by atoms with E-state index >= 15 is 0 Å². The Bertz CT molecular complexity index is 1300. The fraction of sp³-hybridized carbons (Fsp3) is 0.721. The van der Waals surface area contributed by atoms with Gasteiger partial charge in [-0.05, 0) is 116 Å². The first kappa shape index (κ1) is 63.6. The van der Waals surface area contributed by atoms with Gasteiger partial charge in [0.2, 0.25) is 0 Å². The van der Waals surface area contributed by atoms with Gasteiger partial charge < -0.3 is 14.2 Å². The van der Waals surface area contributed by atoms with Crippen molar-refractivity contribution in [1.82, 2.24) is 0 Å². The first-order valence-electron chi connectivity index (χ1n) is 28.1. The fourth-order valence-electron chi connectivity index (χ4n) is 7.63. The molecule has 6 nitrogen and oxygen atoms in total. The highest BCUT2D eigenvalue weighted by Gasteiger charge is 2.19. The van der Waals surface area contributed by atoms with E-state index in [2.05, 4.69) is 106 Å². The molecule has 1 atom stereocenters. The number of hydrogen-bond acceptors (Lipinski definition) is 6. The third-order valence-corrected chi connectivity index (χ3v) is 11.9. The molecule has 0 aromatic rings. The van der Waals surface area contributed by atoms with E-state index in [-0.39, 0.29) is 31.1 Å². The summed E-state index contributed by atoms with van der Waals surface area (Å²) in [5.74, 6) is -0.933. The third kappa shape index (κ3) is 53.4. The average molecular weight is 933 g/mol. The number of carbonyl (C=O) groups is 3. The zero-order chi connectivity index (χ0) is 48.6. The van der Waals surface area contributed by atoms with Gasteiger partial charge in [0.05, 0.1) is 0 Å². The summed E-state index contributed by atoms with van der Waals surface area (Å²) in [7, 11) is 0. The van der Waals surface area contributed by atoms with Gasteiger partial charge in [-0.1, -0.05) is 215 Å². The van der Waals surface area contributed by atoms with Gasteiger partial charge in [0, 0.05) is 19.3 Å². The molecule has 67 heavy (non-hydrogen) atoms. The summed E-state index contributed by atoms with van der Waals surface area (Å²) in [5.41, 5.74) is 0. The Kier molecular flexibility index (Phi) is 52.4. The van der Waals surface area contributed by atoms with Crippen LogP contribution in [0.5, 0.6) is 0 Å². The van der Waals surface area contributed by atoms with E-state index in [9.17, 15) is 14.4 Å². The zero-order valence-electron chi connectivity index (χ0n) is 43.9. The van der Waals surface area contributed by atoms with Crippen molar-refractivity contribution in [1.29, 1.82) is 0 Å². The molecular formula is C61H104O6. The van der Waals surface area contributed by atoms with E-state index in [1.807, 2.05) is 0 Å². The summed E-state index contributed by atoms with van der Waals surface area (Å²) >= 11 is 0. The van der Waals surface area contributed by atoms with Gasteiger partial charge >= 0.3 is 17.9 Å². The van der Waals surface area contributed by atoms with E-state index in [0.29, 0.717) is 19.3 Å². The van der Waals surface area contributed by atoms with E-state index in [1.54, 1.807) is 0 Å². The lowest BCUT2D eigenvalue weighted by atomic mass is 10.1. The van der Waals surface area contributed by atoms with Crippen LogP contribution in [0.1, 0.15) is 265 Å². The number of carbonyl (C=O) groups excluding carboxylic acids is 3. The summed E-state index contributed by atoms with van der Waals surface area (Å²) in [6, 6.07) is 0. The van der Waals surface area contributed by atoms with Crippen LogP contribution in [0.3, 0.4) is 0 Å². The number of rotatable bonds is 50. The van der Waals surface area contributed by atoms with Crippen LogP contribution in [0.2, 0.25) is 0 Å². The van der Waals surface area contributed by atoms with Gasteiger partial charge in [0.25, 0.3) is 0 Å². The van der Waals surface area contributed by atoms with Crippen LogP contribution in [0.15, 0.2) is 85.1 Å². The third-order valence-electron chi connectivity index (χ3n) is 11.9. The quantitative estimate of drug-likeness (QED) is 0.0262. The largest absolute Gasteiger partial charge is 0.462 e. The van der Waals surface area contributed by atoms with Crippen LogP contribution in [0.4, 0.5) is 0 Å². The van der Waals surface area contributed by atoms with Crippen molar-refractivity contribution in [2.45, 2.75) is 271 Å². The van der Waals surface area contributed by atoms with Crippen LogP contribution < -0.4 is 0 Å². The number of hydrogen-bond donors (Lipinski definition) is 0. The van der Waals surface area contributed by atoms with Crippen LogP contribution in [-0.2, 0) is 28.6 Å². The second-order valence-electron chi connectivity index (χ2n) is 18.5. The lowest BCUT2D eigenvalue weighted by Crippen LogP contribution is -2.30. The Hall–Kier alpha value is -3.41. The smallest absolute Gasteiger partial charge is 0.306 e. The monoisotopic (exact) mass is 933 g/mol. The number of allylic oxidation sites excluding steroid dienone is 14. The molecule has 0 rings (SSSR count). The van der Waals surface area contributed by atoms with Gasteiger partial charge in [-0.25, -0.2) is 0 Å². The molecule has 0 aliphatic rings. The Balaban J connectivity index is 4.45. The second-order valence-corrected chi connectivity index (χ2v) is 18.5. The zero-order valence-corrected chi connectivity index (χ0v) is 43.9. The van der Waals surface area contributed by atoms with Crippen molar-refractivity contribution in [2.24, 2.45) is 0 Å². The molecule has 0 amide bonds. The minimum Gasteiger partial charge on any atom is -0.462 e. The van der Waals surface area contributed by atoms with Crippen molar-refractivity contribution in [3.8, 4) is 0 Å². The molecule has 6 heteroatoms. The van der Waals surface area contributed by atoms with Crippen molar-refractivity contribution in [2.75, 3.05) is 13.2 Å². The molecule has 0 saturated heterocycles. The van der Waals surface area contributed by atoms with Crippen LogP contribution in [0, 0.1) is 0 Å². The highest BCUT2D eigenvalue weighted by molar-refractivity contribution is 5.71. The highest BCUT2D eigenvalue weighted by atomic mass is 16.6. The predicted octanol–water partition coefficient (Wildman–Crippen LogP) is 18.8. The van der Waals surface area contributed by atoms with Crippen LogP contribution in [-0.4, -0.2) is 37.2 Å². The van der Waals surface area contributed by atoms with E-state index in [4.69, 9.17) is 14.2 Å². The minimum absolute atomic E-state index is 0.0933. The molecule has 0 N–H and O–H groups in total. The Morgan fingerprint density at radius 2 is 0.582 bits per heavy atom. The first-order chi connectivity index (χ1) is 33.0. The van der Waals surface area contributed by atoms with E-state index < -0.39 is 6.10 Å². The standard InChI is InChI=1S/C61H104O6/c1-4-7-10-13-16-19-22-25-28-30-33-35-38-41-44-47-50-53-59(62)65-56-58(67-61(64)55-52-49-46-43-40-37-32-27-24-21-18-15-12-9-6-3)57-66-60(63)54-51-48-45-42-39-36-34-31-29-26-23-20-17-14-11-8-5-2/h9,12,16,18-19,21,25-29,32-33,35,58H,4-8,10-11,13-15,17,20,22-24,30-31,34,36-57H2,1-3H3/b12-9-,19-16-,21-18-,28-25-,29-26-,32-27-,35-33-/t58-/m1/s1. The van der Waals surface area contributed by atoms with Crippen LogP contribution >= 0.6 is 0 Å². The molecule has 0 saturated carbocycles. The van der Waals surface area contributed by atoms with Gasteiger partial charge in [0.1, 0.15) is 13.2 Å². The maximum atomic E-state index is 12.8. The molecule has 0 aliphatic heterocycles. The maximum Gasteiger partial charge on any atom is 0.306 e. The molecular weight excluding hydrogens is 829 g/mol. The predicted molar refractivity (Wildman–Crippen MR) is 288 cm³/mol. The highest BCUT2D eigenvalue weighted by Crippen LogP contribution is 2.14. The van der Waals surface area contributed by atoms with Gasteiger partial charge in [-0.3, -0.25) is 14.4 Å². The SMILES string of the molecule is CC/C=C\C/C=C\C/C=C\CCCCCCCC(=O)O[C@H](COC(=O)CCCCCC/C=C\C/C=C\C/C=C\CCCCC)COC(=O)CCCCCCCCC/C=C\CCCCCCCC. The molecule has 0 heterocycles. The molecule has 0 bridgehead atoms. The maximum absolute atomic E-state index is 12.8. The van der Waals surface area contributed by atoms with Crippen molar-refractivity contribution < 1.29 is 28.6 Å².